The summed E-state index contributed by atoms with van der Waals surface area (Å²) in [5.41, 5.74) is 0. The molecule has 2 saturated heterocycles. The average molecular weight is 220 g/mol. The molecule has 0 aromatic carbocycles. The summed E-state index contributed by atoms with van der Waals surface area (Å²) in [5, 5.41) is 30.7. The van der Waals surface area contributed by atoms with E-state index >= 15 is 0 Å². The van der Waals surface area contributed by atoms with Crippen molar-refractivity contribution < 1.29 is 29.5 Å². The summed E-state index contributed by atoms with van der Waals surface area (Å²) in [7, 11) is 0. The van der Waals surface area contributed by atoms with E-state index in [0.29, 0.717) is 0 Å². The van der Waals surface area contributed by atoms with Gasteiger partial charge in [-0.25, -0.2) is 0 Å². The SMILES string of the molecule is CC(=O)N[C@@H]1[C@@H](O)[C@@H](O)[C@@H](CO)[O+]2O[C@H]12. The maximum absolute atomic E-state index is 10.8. The van der Waals surface area contributed by atoms with E-state index in [9.17, 15) is 15.0 Å². The fourth-order valence-electron chi connectivity index (χ4n) is 1.84. The standard InChI is InChI=1S/C8H13NO6/c1-3(11)9-5-7(13)6(12)4(2-10)15-8(5)14-15/h4-8,10,12-13H,2H2,1H3/p+1/t4-,5-,6+,7-,8+/m1/s1. The second kappa shape index (κ2) is 3.69. The van der Waals surface area contributed by atoms with Crippen LogP contribution in [0.3, 0.4) is 0 Å². The van der Waals surface area contributed by atoms with Crippen LogP contribution < -0.4 is 5.32 Å². The van der Waals surface area contributed by atoms with Crippen molar-refractivity contribution in [1.29, 1.82) is 0 Å². The largest absolute Gasteiger partial charge is 0.393 e. The molecule has 2 heterocycles. The van der Waals surface area contributed by atoms with Gasteiger partial charge in [0.25, 0.3) is 0 Å². The fraction of sp³-hybridized carbons (Fsp3) is 0.875. The zero-order valence-corrected chi connectivity index (χ0v) is 8.16. The van der Waals surface area contributed by atoms with Crippen molar-refractivity contribution in [2.24, 2.45) is 0 Å². The van der Waals surface area contributed by atoms with E-state index in [1.54, 1.807) is 0 Å². The van der Waals surface area contributed by atoms with Gasteiger partial charge in [0.05, 0.1) is 0 Å². The number of hydrogen-bond acceptors (Lipinski definition) is 5. The third-order valence-electron chi connectivity index (χ3n) is 2.64. The summed E-state index contributed by atoms with van der Waals surface area (Å²) >= 11 is 0. The van der Waals surface area contributed by atoms with Crippen LogP contribution in [0.15, 0.2) is 0 Å². The van der Waals surface area contributed by atoms with Gasteiger partial charge in [0.2, 0.25) is 12.0 Å². The van der Waals surface area contributed by atoms with Crippen LogP contribution in [0.4, 0.5) is 0 Å². The number of aliphatic hydroxyl groups excluding tert-OH is 3. The lowest BCUT2D eigenvalue weighted by Gasteiger charge is -2.28. The molecular formula is C8H14NO6+. The molecule has 15 heavy (non-hydrogen) atoms. The summed E-state index contributed by atoms with van der Waals surface area (Å²) < 4.78 is 2.21. The van der Waals surface area contributed by atoms with Crippen molar-refractivity contribution in [3.05, 3.63) is 0 Å². The Kier molecular flexibility index (Phi) is 2.65. The molecule has 2 fully saturated rings. The molecule has 1 amide bonds. The number of carbonyl (C=O) groups excluding carboxylic acids is 1. The van der Waals surface area contributed by atoms with Gasteiger partial charge in [-0.15, -0.1) is 0 Å². The highest BCUT2D eigenvalue weighted by Gasteiger charge is 2.69. The smallest absolute Gasteiger partial charge is 0.388 e. The van der Waals surface area contributed by atoms with Crippen molar-refractivity contribution in [3.63, 3.8) is 0 Å². The molecule has 7 heteroatoms. The molecule has 2 aliphatic rings. The number of amides is 1. The van der Waals surface area contributed by atoms with Crippen LogP contribution in [0.2, 0.25) is 0 Å². The lowest BCUT2D eigenvalue weighted by atomic mass is 9.98. The number of carbonyl (C=O) groups is 1. The molecule has 0 radical (unpaired) electrons. The van der Waals surface area contributed by atoms with Gasteiger partial charge in [0.15, 0.2) is 12.1 Å². The molecule has 0 saturated carbocycles. The van der Waals surface area contributed by atoms with Crippen LogP contribution in [-0.2, 0) is 14.2 Å². The molecule has 0 aromatic heterocycles. The Morgan fingerprint density at radius 1 is 1.47 bits per heavy atom. The Hall–Kier alpha value is -0.730. The summed E-state index contributed by atoms with van der Waals surface area (Å²) in [6.45, 7) is 0.973. The van der Waals surface area contributed by atoms with Crippen LogP contribution >= 0.6 is 0 Å². The van der Waals surface area contributed by atoms with Gasteiger partial charge < -0.3 is 20.6 Å². The predicted octanol–water partition coefficient (Wildman–Crippen LogP) is -2.59. The molecular weight excluding hydrogens is 206 g/mol. The molecule has 5 atom stereocenters. The Bertz CT molecular complexity index is 272. The van der Waals surface area contributed by atoms with Crippen LogP contribution in [0.25, 0.3) is 0 Å². The molecule has 2 aliphatic heterocycles. The van der Waals surface area contributed by atoms with Gasteiger partial charge >= 0.3 is 6.29 Å². The Morgan fingerprint density at radius 3 is 2.67 bits per heavy atom. The normalized spacial score (nSPS) is 44.7. The average Bonchev–Trinajstić information content (AvgIpc) is 2.92. The number of aliphatic hydroxyl groups is 3. The molecule has 0 bridgehead atoms. The minimum atomic E-state index is -1.17. The Balaban J connectivity index is 2.08. The summed E-state index contributed by atoms with van der Waals surface area (Å²) in [6, 6.07) is -0.690. The van der Waals surface area contributed by atoms with Crippen LogP contribution in [-0.4, -0.2) is 58.5 Å². The quantitative estimate of drug-likeness (QED) is 0.232. The second-order valence-corrected chi connectivity index (χ2v) is 3.72. The second-order valence-electron chi connectivity index (χ2n) is 3.72. The van der Waals surface area contributed by atoms with E-state index in [2.05, 4.69) is 9.83 Å². The molecule has 0 aromatic rings. The summed E-state index contributed by atoms with van der Waals surface area (Å²) in [5.74, 6) is -0.315. The number of fused-ring (bicyclic) bond motifs is 1. The monoisotopic (exact) mass is 220 g/mol. The van der Waals surface area contributed by atoms with E-state index < -0.39 is 30.6 Å². The topological polar surface area (TPSA) is 105 Å². The first-order chi connectivity index (χ1) is 7.06. The van der Waals surface area contributed by atoms with Crippen molar-refractivity contribution in [2.45, 2.75) is 37.6 Å². The molecule has 2 rings (SSSR count). The highest BCUT2D eigenvalue weighted by Crippen LogP contribution is 2.41. The van der Waals surface area contributed by atoms with Gasteiger partial charge in [-0.1, -0.05) is 0 Å². The third-order valence-corrected chi connectivity index (χ3v) is 2.64. The molecule has 0 aliphatic carbocycles. The van der Waals surface area contributed by atoms with Crippen LogP contribution in [0.1, 0.15) is 6.92 Å². The third kappa shape index (κ3) is 1.72. The minimum Gasteiger partial charge on any atom is -0.388 e. The summed E-state index contributed by atoms with van der Waals surface area (Å²) in [4.78, 5) is 15.8. The molecule has 86 valence electrons. The van der Waals surface area contributed by atoms with Crippen molar-refractivity contribution >= 4 is 5.91 Å². The van der Waals surface area contributed by atoms with E-state index in [-0.39, 0.29) is 12.5 Å². The zero-order chi connectivity index (χ0) is 11.2. The zero-order valence-electron chi connectivity index (χ0n) is 8.16. The maximum atomic E-state index is 10.8. The van der Waals surface area contributed by atoms with Crippen LogP contribution in [0, 0.1) is 0 Å². The van der Waals surface area contributed by atoms with Crippen LogP contribution in [0.5, 0.6) is 0 Å². The maximum Gasteiger partial charge on any atom is 0.393 e. The lowest BCUT2D eigenvalue weighted by molar-refractivity contribution is -0.265. The van der Waals surface area contributed by atoms with E-state index in [4.69, 9.17) is 9.99 Å². The highest BCUT2D eigenvalue weighted by atomic mass is 17.5. The van der Waals surface area contributed by atoms with Crippen molar-refractivity contribution in [1.82, 2.24) is 5.32 Å². The fourth-order valence-corrected chi connectivity index (χ4v) is 1.84. The van der Waals surface area contributed by atoms with E-state index in [1.807, 2.05) is 0 Å². The Labute approximate surface area is 85.9 Å². The first-order valence-corrected chi connectivity index (χ1v) is 4.69. The van der Waals surface area contributed by atoms with Gasteiger partial charge in [-0.3, -0.25) is 4.79 Å². The van der Waals surface area contributed by atoms with Gasteiger partial charge in [0.1, 0.15) is 12.7 Å². The first kappa shape index (κ1) is 10.8. The molecule has 0 unspecified atom stereocenters. The van der Waals surface area contributed by atoms with Gasteiger partial charge in [0, 0.05) is 6.92 Å². The van der Waals surface area contributed by atoms with E-state index in [0.717, 1.165) is 0 Å². The molecule has 0 spiro atoms. The summed E-state index contributed by atoms with van der Waals surface area (Å²) in [6.07, 6.45) is -3.57. The van der Waals surface area contributed by atoms with Crippen molar-refractivity contribution in [2.75, 3.05) is 6.61 Å². The number of hydrogen-bond donors (Lipinski definition) is 4. The highest BCUT2D eigenvalue weighted by molar-refractivity contribution is 5.73. The minimum absolute atomic E-state index is 0.315. The number of rotatable bonds is 2. The Morgan fingerprint density at radius 2 is 2.13 bits per heavy atom. The van der Waals surface area contributed by atoms with Gasteiger partial charge in [-0.05, 0) is 4.89 Å². The lowest BCUT2D eigenvalue weighted by Crippen LogP contribution is -2.59. The molecule has 4 N–H and O–H groups in total. The first-order valence-electron chi connectivity index (χ1n) is 4.69. The predicted molar refractivity (Wildman–Crippen MR) is 46.5 cm³/mol. The molecule has 7 nitrogen and oxygen atoms in total. The number of nitrogens with one attached hydrogen (secondary N) is 1. The van der Waals surface area contributed by atoms with Crippen molar-refractivity contribution in [3.8, 4) is 0 Å². The van der Waals surface area contributed by atoms with E-state index in [1.165, 1.54) is 6.92 Å². The van der Waals surface area contributed by atoms with Gasteiger partial charge in [-0.2, -0.15) is 4.52 Å².